The standard InChI is InChI=1S/C22H29N3O5S/c1-16-6-12-20(13-7-16)31(28,29)24(4)15-21(26)25(17(2)22(27)23-3)14-18-8-10-19(30-5)11-9-18/h6-13,17H,14-15H2,1-5H3,(H,23,27)/t17-/m0/s1. The molecule has 0 spiro atoms. The molecule has 0 radical (unpaired) electrons. The number of carbonyl (C=O) groups is 2. The van der Waals surface area contributed by atoms with E-state index in [9.17, 15) is 18.0 Å². The van der Waals surface area contributed by atoms with Crippen LogP contribution in [0, 0.1) is 6.92 Å². The molecular weight excluding hydrogens is 418 g/mol. The molecule has 9 heteroatoms. The molecular formula is C22H29N3O5S. The highest BCUT2D eigenvalue weighted by atomic mass is 32.2. The fourth-order valence-corrected chi connectivity index (χ4v) is 4.10. The summed E-state index contributed by atoms with van der Waals surface area (Å²) in [5.41, 5.74) is 1.72. The minimum absolute atomic E-state index is 0.106. The minimum atomic E-state index is -3.85. The van der Waals surface area contributed by atoms with Gasteiger partial charge in [-0.3, -0.25) is 9.59 Å². The first-order valence-electron chi connectivity index (χ1n) is 9.77. The number of likely N-dealkylation sites (N-methyl/N-ethyl adjacent to an activating group) is 2. The predicted octanol–water partition coefficient (Wildman–Crippen LogP) is 1.79. The molecule has 0 fully saturated rings. The van der Waals surface area contributed by atoms with E-state index in [2.05, 4.69) is 5.32 Å². The summed E-state index contributed by atoms with van der Waals surface area (Å²) < 4.78 is 31.8. The minimum Gasteiger partial charge on any atom is -0.497 e. The van der Waals surface area contributed by atoms with E-state index in [1.165, 1.54) is 31.1 Å². The molecule has 2 aromatic carbocycles. The van der Waals surface area contributed by atoms with Crippen LogP contribution >= 0.6 is 0 Å². The second-order valence-corrected chi connectivity index (χ2v) is 9.28. The molecule has 1 N–H and O–H groups in total. The Hall–Kier alpha value is -2.91. The Bertz CT molecular complexity index is 1000. The maximum atomic E-state index is 13.1. The normalized spacial score (nSPS) is 12.3. The zero-order valence-corrected chi connectivity index (χ0v) is 19.3. The molecule has 0 aromatic heterocycles. The van der Waals surface area contributed by atoms with Crippen LogP contribution in [0.5, 0.6) is 5.75 Å². The van der Waals surface area contributed by atoms with Gasteiger partial charge < -0.3 is 15.0 Å². The second kappa shape index (κ2) is 10.4. The molecule has 0 saturated heterocycles. The largest absolute Gasteiger partial charge is 0.497 e. The van der Waals surface area contributed by atoms with Crippen LogP contribution in [0.1, 0.15) is 18.1 Å². The number of methoxy groups -OCH3 is 1. The van der Waals surface area contributed by atoms with Crippen LogP contribution in [0.15, 0.2) is 53.4 Å². The van der Waals surface area contributed by atoms with Gasteiger partial charge in [0.25, 0.3) is 0 Å². The van der Waals surface area contributed by atoms with Crippen LogP contribution in [-0.2, 0) is 26.2 Å². The van der Waals surface area contributed by atoms with Crippen molar-refractivity contribution in [3.63, 3.8) is 0 Å². The Balaban J connectivity index is 2.24. The van der Waals surface area contributed by atoms with E-state index in [1.807, 2.05) is 6.92 Å². The number of ether oxygens (including phenoxy) is 1. The van der Waals surface area contributed by atoms with Crippen LogP contribution < -0.4 is 10.1 Å². The zero-order valence-electron chi connectivity index (χ0n) is 18.5. The van der Waals surface area contributed by atoms with Gasteiger partial charge in [0.05, 0.1) is 18.6 Å². The fourth-order valence-electron chi connectivity index (χ4n) is 2.98. The number of rotatable bonds is 9. The Morgan fingerprint density at radius 2 is 1.65 bits per heavy atom. The van der Waals surface area contributed by atoms with Crippen molar-refractivity contribution >= 4 is 21.8 Å². The monoisotopic (exact) mass is 447 g/mol. The van der Waals surface area contributed by atoms with Crippen LogP contribution in [0.4, 0.5) is 0 Å². The fraction of sp³-hybridized carbons (Fsp3) is 0.364. The maximum Gasteiger partial charge on any atom is 0.243 e. The number of carbonyl (C=O) groups excluding carboxylic acids is 2. The second-order valence-electron chi connectivity index (χ2n) is 7.23. The van der Waals surface area contributed by atoms with Crippen molar-refractivity contribution in [3.8, 4) is 5.75 Å². The third-order valence-electron chi connectivity index (χ3n) is 5.01. The Morgan fingerprint density at radius 3 is 2.16 bits per heavy atom. The molecule has 2 rings (SSSR count). The highest BCUT2D eigenvalue weighted by molar-refractivity contribution is 7.89. The molecule has 1 atom stereocenters. The molecule has 0 aliphatic rings. The first-order chi connectivity index (χ1) is 14.6. The summed E-state index contributed by atoms with van der Waals surface area (Å²) in [5.74, 6) is -0.152. The molecule has 2 amide bonds. The summed E-state index contributed by atoms with van der Waals surface area (Å²) in [7, 11) is 0.549. The number of nitrogens with one attached hydrogen (secondary N) is 1. The Labute approximate surface area is 183 Å². The van der Waals surface area contributed by atoms with Gasteiger partial charge >= 0.3 is 0 Å². The van der Waals surface area contributed by atoms with Crippen molar-refractivity contribution in [2.45, 2.75) is 31.3 Å². The predicted molar refractivity (Wildman–Crippen MR) is 118 cm³/mol. The molecule has 0 aliphatic heterocycles. The first-order valence-corrected chi connectivity index (χ1v) is 11.2. The van der Waals surface area contributed by atoms with Crippen molar-refractivity contribution in [1.82, 2.24) is 14.5 Å². The smallest absolute Gasteiger partial charge is 0.243 e. The topological polar surface area (TPSA) is 96.0 Å². The van der Waals surface area contributed by atoms with E-state index in [0.717, 1.165) is 15.4 Å². The molecule has 0 saturated carbocycles. The molecule has 0 unspecified atom stereocenters. The van der Waals surface area contributed by atoms with Gasteiger partial charge in [0, 0.05) is 20.6 Å². The average molecular weight is 448 g/mol. The summed E-state index contributed by atoms with van der Waals surface area (Å²) in [6.45, 7) is 3.22. The zero-order chi connectivity index (χ0) is 23.2. The van der Waals surface area contributed by atoms with Gasteiger partial charge in [-0.05, 0) is 43.7 Å². The van der Waals surface area contributed by atoms with Gasteiger partial charge in [0.15, 0.2) is 0 Å². The number of amides is 2. The van der Waals surface area contributed by atoms with Gasteiger partial charge in [-0.2, -0.15) is 4.31 Å². The lowest BCUT2D eigenvalue weighted by Crippen LogP contribution is -2.50. The van der Waals surface area contributed by atoms with Crippen LogP contribution in [0.25, 0.3) is 0 Å². The third-order valence-corrected chi connectivity index (χ3v) is 6.83. The van der Waals surface area contributed by atoms with Crippen molar-refractivity contribution in [2.75, 3.05) is 27.7 Å². The van der Waals surface area contributed by atoms with Gasteiger partial charge in [-0.15, -0.1) is 0 Å². The SMILES string of the molecule is CNC(=O)[C@H](C)N(Cc1ccc(OC)cc1)C(=O)CN(C)S(=O)(=O)c1ccc(C)cc1. The van der Waals surface area contributed by atoms with Crippen LogP contribution in [0.3, 0.4) is 0 Å². The highest BCUT2D eigenvalue weighted by Gasteiger charge is 2.29. The van der Waals surface area contributed by atoms with Crippen molar-refractivity contribution in [1.29, 1.82) is 0 Å². The summed E-state index contributed by atoms with van der Waals surface area (Å²) in [6, 6.07) is 12.7. The van der Waals surface area contributed by atoms with Crippen LogP contribution in [-0.4, -0.2) is 63.2 Å². The Morgan fingerprint density at radius 1 is 1.06 bits per heavy atom. The molecule has 31 heavy (non-hydrogen) atoms. The van der Waals surface area contributed by atoms with Crippen molar-refractivity contribution in [2.24, 2.45) is 0 Å². The van der Waals surface area contributed by atoms with Gasteiger partial charge in [-0.25, -0.2) is 8.42 Å². The van der Waals surface area contributed by atoms with E-state index in [-0.39, 0.29) is 17.3 Å². The first kappa shape index (κ1) is 24.4. The number of hydrogen-bond donors (Lipinski definition) is 1. The van der Waals surface area contributed by atoms with E-state index < -0.39 is 28.5 Å². The molecule has 0 aliphatic carbocycles. The Kier molecular flexibility index (Phi) is 8.18. The lowest BCUT2D eigenvalue weighted by molar-refractivity contribution is -0.140. The summed E-state index contributed by atoms with van der Waals surface area (Å²) >= 11 is 0. The summed E-state index contributed by atoms with van der Waals surface area (Å²) in [5, 5.41) is 2.53. The molecule has 0 heterocycles. The lowest BCUT2D eigenvalue weighted by atomic mass is 10.1. The van der Waals surface area contributed by atoms with Gasteiger partial charge in [0.2, 0.25) is 21.8 Å². The van der Waals surface area contributed by atoms with E-state index in [0.29, 0.717) is 5.75 Å². The van der Waals surface area contributed by atoms with E-state index in [1.54, 1.807) is 50.4 Å². The van der Waals surface area contributed by atoms with Gasteiger partial charge in [-0.1, -0.05) is 29.8 Å². The summed E-state index contributed by atoms with van der Waals surface area (Å²) in [6.07, 6.45) is 0. The summed E-state index contributed by atoms with van der Waals surface area (Å²) in [4.78, 5) is 26.8. The van der Waals surface area contributed by atoms with E-state index >= 15 is 0 Å². The molecule has 2 aromatic rings. The van der Waals surface area contributed by atoms with E-state index in [4.69, 9.17) is 4.74 Å². The number of sulfonamides is 1. The number of nitrogens with zero attached hydrogens (tertiary/aromatic N) is 2. The number of aryl methyl sites for hydroxylation is 1. The molecule has 0 bridgehead atoms. The average Bonchev–Trinajstić information content (AvgIpc) is 2.76. The third kappa shape index (κ3) is 6.05. The van der Waals surface area contributed by atoms with Gasteiger partial charge in [0.1, 0.15) is 11.8 Å². The quantitative estimate of drug-likeness (QED) is 0.632. The van der Waals surface area contributed by atoms with Crippen molar-refractivity contribution < 1.29 is 22.7 Å². The van der Waals surface area contributed by atoms with Crippen molar-refractivity contribution in [3.05, 3.63) is 59.7 Å². The number of benzene rings is 2. The molecule has 168 valence electrons. The highest BCUT2D eigenvalue weighted by Crippen LogP contribution is 2.18. The number of hydrogen-bond acceptors (Lipinski definition) is 5. The molecule has 8 nitrogen and oxygen atoms in total. The van der Waals surface area contributed by atoms with Crippen LogP contribution in [0.2, 0.25) is 0 Å². The maximum absolute atomic E-state index is 13.1. The lowest BCUT2D eigenvalue weighted by Gasteiger charge is -2.30.